The molecular formula is C22H24N2O4S. The van der Waals surface area contributed by atoms with Crippen molar-refractivity contribution in [2.75, 3.05) is 18.4 Å². The fourth-order valence-electron chi connectivity index (χ4n) is 3.72. The van der Waals surface area contributed by atoms with Gasteiger partial charge in [0, 0.05) is 29.7 Å². The average Bonchev–Trinajstić information content (AvgIpc) is 2.89. The summed E-state index contributed by atoms with van der Waals surface area (Å²) in [6, 6.07) is 13.8. The lowest BCUT2D eigenvalue weighted by atomic mass is 10.1. The Morgan fingerprint density at radius 2 is 1.62 bits per heavy atom. The molecule has 6 nitrogen and oxygen atoms in total. The Balaban J connectivity index is 1.51. The molecule has 7 heteroatoms. The third kappa shape index (κ3) is 3.93. The van der Waals surface area contributed by atoms with Gasteiger partial charge in [-0.25, -0.2) is 8.42 Å². The van der Waals surface area contributed by atoms with Crippen molar-refractivity contribution in [1.82, 2.24) is 4.31 Å². The number of carbonyl (C=O) groups is 1. The summed E-state index contributed by atoms with van der Waals surface area (Å²) < 4.78 is 33.0. The number of rotatable bonds is 4. The molecule has 3 aromatic rings. The summed E-state index contributed by atoms with van der Waals surface area (Å²) in [6.45, 7) is 2.97. The highest BCUT2D eigenvalue weighted by molar-refractivity contribution is 7.89. The van der Waals surface area contributed by atoms with Crippen molar-refractivity contribution in [2.45, 2.75) is 37.5 Å². The first-order chi connectivity index (χ1) is 14.0. The first-order valence-electron chi connectivity index (χ1n) is 9.86. The van der Waals surface area contributed by atoms with E-state index < -0.39 is 10.0 Å². The monoisotopic (exact) mass is 412 g/mol. The fourth-order valence-corrected chi connectivity index (χ4v) is 5.24. The molecule has 1 N–H and O–H groups in total. The van der Waals surface area contributed by atoms with E-state index in [1.54, 1.807) is 28.6 Å². The van der Waals surface area contributed by atoms with Crippen LogP contribution in [0.3, 0.4) is 0 Å². The number of hydrogen-bond donors (Lipinski definition) is 1. The SMILES string of the molecule is Cc1c(C(=O)Nc2ccc(S(=O)(=O)N3CCCCCC3)cc2)oc2ccccc12. The van der Waals surface area contributed by atoms with Crippen LogP contribution in [-0.2, 0) is 10.0 Å². The number of fused-ring (bicyclic) bond motifs is 1. The first-order valence-corrected chi connectivity index (χ1v) is 11.3. The van der Waals surface area contributed by atoms with Gasteiger partial charge in [-0.3, -0.25) is 4.79 Å². The number of hydrogen-bond acceptors (Lipinski definition) is 4. The molecule has 152 valence electrons. The molecular weight excluding hydrogens is 388 g/mol. The lowest BCUT2D eigenvalue weighted by Gasteiger charge is -2.20. The Morgan fingerprint density at radius 1 is 0.966 bits per heavy atom. The molecule has 0 atom stereocenters. The Kier molecular flexibility index (Phi) is 5.43. The van der Waals surface area contributed by atoms with Crippen LogP contribution < -0.4 is 5.32 Å². The van der Waals surface area contributed by atoms with Crippen LogP contribution >= 0.6 is 0 Å². The van der Waals surface area contributed by atoms with E-state index in [2.05, 4.69) is 5.32 Å². The minimum absolute atomic E-state index is 0.248. The van der Waals surface area contributed by atoms with Crippen LogP contribution in [-0.4, -0.2) is 31.7 Å². The van der Waals surface area contributed by atoms with Gasteiger partial charge in [0.1, 0.15) is 5.58 Å². The second kappa shape index (κ2) is 8.00. The Bertz CT molecular complexity index is 1130. The average molecular weight is 413 g/mol. The second-order valence-corrected chi connectivity index (χ2v) is 9.29. The maximum atomic E-state index is 12.9. The van der Waals surface area contributed by atoms with Crippen molar-refractivity contribution in [3.05, 3.63) is 59.9 Å². The summed E-state index contributed by atoms with van der Waals surface area (Å²) in [7, 11) is -3.50. The van der Waals surface area contributed by atoms with E-state index in [1.807, 2.05) is 31.2 Å². The maximum Gasteiger partial charge on any atom is 0.291 e. The van der Waals surface area contributed by atoms with E-state index in [4.69, 9.17) is 4.42 Å². The summed E-state index contributed by atoms with van der Waals surface area (Å²) in [6.07, 6.45) is 3.92. The number of para-hydroxylation sites is 1. The molecule has 2 aromatic carbocycles. The van der Waals surface area contributed by atoms with Crippen LogP contribution in [0, 0.1) is 6.92 Å². The van der Waals surface area contributed by atoms with Crippen molar-refractivity contribution in [1.29, 1.82) is 0 Å². The van der Waals surface area contributed by atoms with Gasteiger partial charge in [-0.05, 0) is 50.1 Å². The summed E-state index contributed by atoms with van der Waals surface area (Å²) in [4.78, 5) is 12.9. The number of sulfonamides is 1. The van der Waals surface area contributed by atoms with Crippen LogP contribution in [0.5, 0.6) is 0 Å². The van der Waals surface area contributed by atoms with Gasteiger partial charge in [0.2, 0.25) is 10.0 Å². The Labute approximate surface area is 170 Å². The molecule has 1 amide bonds. The van der Waals surface area contributed by atoms with Crippen molar-refractivity contribution >= 4 is 32.6 Å². The first kappa shape index (κ1) is 19.7. The number of anilines is 1. The maximum absolute atomic E-state index is 12.9. The van der Waals surface area contributed by atoms with E-state index in [9.17, 15) is 13.2 Å². The predicted molar refractivity (Wildman–Crippen MR) is 113 cm³/mol. The molecule has 0 radical (unpaired) electrons. The van der Waals surface area contributed by atoms with Gasteiger partial charge in [-0.2, -0.15) is 4.31 Å². The van der Waals surface area contributed by atoms with Crippen LogP contribution in [0.25, 0.3) is 11.0 Å². The molecule has 1 aromatic heterocycles. The smallest absolute Gasteiger partial charge is 0.291 e. The molecule has 0 bridgehead atoms. The van der Waals surface area contributed by atoms with Crippen LogP contribution in [0.2, 0.25) is 0 Å². The highest BCUT2D eigenvalue weighted by atomic mass is 32.2. The molecule has 0 unspecified atom stereocenters. The minimum Gasteiger partial charge on any atom is -0.451 e. The van der Waals surface area contributed by atoms with Gasteiger partial charge in [0.25, 0.3) is 5.91 Å². The molecule has 0 saturated carbocycles. The standard InChI is InChI=1S/C22H24N2O4S/c1-16-19-8-4-5-9-20(19)28-21(16)22(25)23-17-10-12-18(13-11-17)29(26,27)24-14-6-2-3-7-15-24/h4-5,8-13H,2-3,6-7,14-15H2,1H3,(H,23,25). The zero-order chi connectivity index (χ0) is 20.4. The zero-order valence-electron chi connectivity index (χ0n) is 16.3. The number of amides is 1. The summed E-state index contributed by atoms with van der Waals surface area (Å²) in [5.41, 5.74) is 1.96. The van der Waals surface area contributed by atoms with E-state index in [-0.39, 0.29) is 16.6 Å². The molecule has 0 aliphatic carbocycles. The van der Waals surface area contributed by atoms with Crippen LogP contribution in [0.4, 0.5) is 5.69 Å². The largest absolute Gasteiger partial charge is 0.451 e. The predicted octanol–water partition coefficient (Wildman–Crippen LogP) is 4.56. The van der Waals surface area contributed by atoms with E-state index in [0.29, 0.717) is 24.4 Å². The summed E-state index contributed by atoms with van der Waals surface area (Å²) in [5, 5.41) is 3.69. The van der Waals surface area contributed by atoms with Crippen LogP contribution in [0.1, 0.15) is 41.8 Å². The van der Waals surface area contributed by atoms with Crippen molar-refractivity contribution < 1.29 is 17.6 Å². The Hall–Kier alpha value is -2.64. The molecule has 0 spiro atoms. The number of aryl methyl sites for hydroxylation is 1. The van der Waals surface area contributed by atoms with Crippen molar-refractivity contribution in [2.24, 2.45) is 0 Å². The van der Waals surface area contributed by atoms with E-state index in [0.717, 1.165) is 36.6 Å². The van der Waals surface area contributed by atoms with E-state index in [1.165, 1.54) is 0 Å². The van der Waals surface area contributed by atoms with Crippen LogP contribution in [0.15, 0.2) is 57.8 Å². The van der Waals surface area contributed by atoms with Crippen molar-refractivity contribution in [3.8, 4) is 0 Å². The number of nitrogens with zero attached hydrogens (tertiary/aromatic N) is 1. The van der Waals surface area contributed by atoms with Gasteiger partial charge in [-0.1, -0.05) is 31.0 Å². The summed E-state index contributed by atoms with van der Waals surface area (Å²) in [5.74, 6) is -0.103. The highest BCUT2D eigenvalue weighted by Crippen LogP contribution is 2.26. The molecule has 1 fully saturated rings. The Morgan fingerprint density at radius 3 is 2.28 bits per heavy atom. The third-order valence-electron chi connectivity index (χ3n) is 5.36. The number of benzene rings is 2. The zero-order valence-corrected chi connectivity index (χ0v) is 17.2. The molecule has 1 aliphatic heterocycles. The lowest BCUT2D eigenvalue weighted by molar-refractivity contribution is 0.0998. The topological polar surface area (TPSA) is 79.6 Å². The van der Waals surface area contributed by atoms with Gasteiger partial charge in [0.05, 0.1) is 4.90 Å². The van der Waals surface area contributed by atoms with Crippen molar-refractivity contribution in [3.63, 3.8) is 0 Å². The number of nitrogens with one attached hydrogen (secondary N) is 1. The number of carbonyl (C=O) groups excluding carboxylic acids is 1. The molecule has 1 saturated heterocycles. The third-order valence-corrected chi connectivity index (χ3v) is 7.28. The lowest BCUT2D eigenvalue weighted by Crippen LogP contribution is -2.31. The molecule has 29 heavy (non-hydrogen) atoms. The molecule has 4 rings (SSSR count). The van der Waals surface area contributed by atoms with Gasteiger partial charge >= 0.3 is 0 Å². The van der Waals surface area contributed by atoms with E-state index >= 15 is 0 Å². The highest BCUT2D eigenvalue weighted by Gasteiger charge is 2.25. The molecule has 1 aliphatic rings. The van der Waals surface area contributed by atoms with Gasteiger partial charge in [0.15, 0.2) is 5.76 Å². The molecule has 2 heterocycles. The second-order valence-electron chi connectivity index (χ2n) is 7.35. The minimum atomic E-state index is -3.50. The van der Waals surface area contributed by atoms with Gasteiger partial charge < -0.3 is 9.73 Å². The van der Waals surface area contributed by atoms with Gasteiger partial charge in [-0.15, -0.1) is 0 Å². The quantitative estimate of drug-likeness (QED) is 0.681. The summed E-state index contributed by atoms with van der Waals surface area (Å²) >= 11 is 0. The normalized spacial score (nSPS) is 15.9. The number of furan rings is 1. The fraction of sp³-hybridized carbons (Fsp3) is 0.318.